The normalized spacial score (nSPS) is 23.9. The SMILES string of the molecule is Cc1cnc(CN2C[C@]3(CCCN(Cc4ccc(C)o4)C3)CCC2=O)cn1. The fourth-order valence-electron chi connectivity index (χ4n) is 4.51. The van der Waals surface area contributed by atoms with Crippen LogP contribution in [0.4, 0.5) is 0 Å². The molecule has 0 N–H and O–H groups in total. The standard InChI is InChI=1S/C21H28N4O2/c1-16-10-23-18(11-22-16)12-25-15-21(8-6-20(25)26)7-3-9-24(14-21)13-19-5-4-17(2)27-19/h4-5,10-11H,3,6-9,12-15H2,1-2H3/t21-/m1/s1. The number of piperidine rings is 2. The van der Waals surface area contributed by atoms with Gasteiger partial charge in [-0.2, -0.15) is 0 Å². The summed E-state index contributed by atoms with van der Waals surface area (Å²) >= 11 is 0. The molecular weight excluding hydrogens is 340 g/mol. The van der Waals surface area contributed by atoms with Crippen molar-refractivity contribution in [3.05, 3.63) is 47.4 Å². The monoisotopic (exact) mass is 368 g/mol. The lowest BCUT2D eigenvalue weighted by molar-refractivity contribution is -0.140. The Hall–Kier alpha value is -2.21. The summed E-state index contributed by atoms with van der Waals surface area (Å²) in [7, 11) is 0. The van der Waals surface area contributed by atoms with Gasteiger partial charge >= 0.3 is 0 Å². The first-order valence-corrected chi connectivity index (χ1v) is 9.84. The van der Waals surface area contributed by atoms with Gasteiger partial charge in [-0.25, -0.2) is 0 Å². The fourth-order valence-corrected chi connectivity index (χ4v) is 4.51. The maximum absolute atomic E-state index is 12.5. The molecular formula is C21H28N4O2. The first-order chi connectivity index (χ1) is 13.0. The molecule has 4 heterocycles. The number of amides is 1. The number of hydrogen-bond acceptors (Lipinski definition) is 5. The molecule has 0 bridgehead atoms. The molecule has 2 saturated heterocycles. The van der Waals surface area contributed by atoms with E-state index >= 15 is 0 Å². The molecule has 1 atom stereocenters. The van der Waals surface area contributed by atoms with Gasteiger partial charge in [0.05, 0.1) is 30.7 Å². The Morgan fingerprint density at radius 2 is 2.00 bits per heavy atom. The van der Waals surface area contributed by atoms with E-state index in [1.165, 1.54) is 12.8 Å². The molecule has 0 radical (unpaired) electrons. The highest BCUT2D eigenvalue weighted by Gasteiger charge is 2.41. The molecule has 0 saturated carbocycles. The van der Waals surface area contributed by atoms with Crippen molar-refractivity contribution >= 4 is 5.91 Å². The lowest BCUT2D eigenvalue weighted by atomic mass is 9.73. The van der Waals surface area contributed by atoms with E-state index in [4.69, 9.17) is 4.42 Å². The van der Waals surface area contributed by atoms with Gasteiger partial charge in [-0.05, 0) is 51.8 Å². The van der Waals surface area contributed by atoms with Crippen LogP contribution < -0.4 is 0 Å². The van der Waals surface area contributed by atoms with Gasteiger partial charge < -0.3 is 9.32 Å². The van der Waals surface area contributed by atoms with Gasteiger partial charge in [-0.1, -0.05) is 0 Å². The highest BCUT2D eigenvalue weighted by atomic mass is 16.3. The summed E-state index contributed by atoms with van der Waals surface area (Å²) in [4.78, 5) is 25.7. The molecule has 6 heteroatoms. The molecule has 0 aromatic carbocycles. The lowest BCUT2D eigenvalue weighted by Crippen LogP contribution is -2.53. The summed E-state index contributed by atoms with van der Waals surface area (Å²) in [5.74, 6) is 2.23. The van der Waals surface area contributed by atoms with Gasteiger partial charge in [0.15, 0.2) is 0 Å². The number of carbonyl (C=O) groups excluding carboxylic acids is 1. The van der Waals surface area contributed by atoms with E-state index in [0.29, 0.717) is 13.0 Å². The van der Waals surface area contributed by atoms with Crippen molar-refractivity contribution in [1.29, 1.82) is 0 Å². The Labute approximate surface area is 160 Å². The zero-order chi connectivity index (χ0) is 18.9. The number of nitrogens with zero attached hydrogens (tertiary/aromatic N) is 4. The van der Waals surface area contributed by atoms with E-state index in [0.717, 1.165) is 55.5 Å². The molecule has 2 aromatic rings. The average Bonchev–Trinajstić information content (AvgIpc) is 3.05. The Kier molecular flexibility index (Phi) is 5.00. The number of rotatable bonds is 4. The molecule has 1 amide bonds. The van der Waals surface area contributed by atoms with Crippen molar-refractivity contribution in [1.82, 2.24) is 19.8 Å². The third kappa shape index (κ3) is 4.21. The third-order valence-electron chi connectivity index (χ3n) is 5.85. The van der Waals surface area contributed by atoms with Gasteiger partial charge in [0.2, 0.25) is 5.91 Å². The minimum atomic E-state index is 0.186. The molecule has 144 valence electrons. The van der Waals surface area contributed by atoms with Gasteiger partial charge in [-0.15, -0.1) is 0 Å². The van der Waals surface area contributed by atoms with Crippen LogP contribution in [0.2, 0.25) is 0 Å². The minimum Gasteiger partial charge on any atom is -0.465 e. The second-order valence-electron chi connectivity index (χ2n) is 8.23. The largest absolute Gasteiger partial charge is 0.465 e. The van der Waals surface area contributed by atoms with Crippen LogP contribution in [0.5, 0.6) is 0 Å². The number of aromatic nitrogens is 2. The van der Waals surface area contributed by atoms with Crippen molar-refractivity contribution in [2.45, 2.75) is 52.6 Å². The van der Waals surface area contributed by atoms with Crippen molar-refractivity contribution in [2.24, 2.45) is 5.41 Å². The fraction of sp³-hybridized carbons (Fsp3) is 0.571. The quantitative estimate of drug-likeness (QED) is 0.830. The van der Waals surface area contributed by atoms with E-state index in [9.17, 15) is 4.79 Å². The maximum Gasteiger partial charge on any atom is 0.222 e. The summed E-state index contributed by atoms with van der Waals surface area (Å²) in [6.45, 7) is 8.26. The lowest BCUT2D eigenvalue weighted by Gasteiger charge is -2.48. The summed E-state index contributed by atoms with van der Waals surface area (Å²) in [5.41, 5.74) is 1.95. The second kappa shape index (κ2) is 7.43. The molecule has 2 aliphatic rings. The van der Waals surface area contributed by atoms with Crippen molar-refractivity contribution in [3.8, 4) is 0 Å². The van der Waals surface area contributed by atoms with E-state index in [2.05, 4.69) is 20.9 Å². The third-order valence-corrected chi connectivity index (χ3v) is 5.85. The number of likely N-dealkylation sites (tertiary alicyclic amines) is 2. The molecule has 1 spiro atoms. The Morgan fingerprint density at radius 1 is 1.11 bits per heavy atom. The first-order valence-electron chi connectivity index (χ1n) is 9.84. The van der Waals surface area contributed by atoms with Crippen molar-refractivity contribution < 1.29 is 9.21 Å². The van der Waals surface area contributed by atoms with Gasteiger partial charge in [-0.3, -0.25) is 19.7 Å². The molecule has 4 rings (SSSR count). The number of carbonyl (C=O) groups is 1. The van der Waals surface area contributed by atoms with Crippen LogP contribution in [0.25, 0.3) is 0 Å². The van der Waals surface area contributed by atoms with Gasteiger partial charge in [0, 0.05) is 31.1 Å². The van der Waals surface area contributed by atoms with E-state index in [1.54, 1.807) is 12.4 Å². The summed E-state index contributed by atoms with van der Waals surface area (Å²) in [6, 6.07) is 4.10. The molecule has 2 fully saturated rings. The molecule has 6 nitrogen and oxygen atoms in total. The van der Waals surface area contributed by atoms with E-state index < -0.39 is 0 Å². The van der Waals surface area contributed by atoms with Crippen molar-refractivity contribution in [3.63, 3.8) is 0 Å². The predicted molar refractivity (Wildman–Crippen MR) is 102 cm³/mol. The van der Waals surface area contributed by atoms with Crippen LogP contribution in [0.15, 0.2) is 28.9 Å². The van der Waals surface area contributed by atoms with Crippen LogP contribution >= 0.6 is 0 Å². The van der Waals surface area contributed by atoms with Crippen LogP contribution in [-0.2, 0) is 17.9 Å². The Bertz CT molecular complexity index is 801. The summed E-state index contributed by atoms with van der Waals surface area (Å²) in [6.07, 6.45) is 7.53. The molecule has 2 aromatic heterocycles. The Balaban J connectivity index is 1.43. The highest BCUT2D eigenvalue weighted by molar-refractivity contribution is 5.77. The average molecular weight is 368 g/mol. The topological polar surface area (TPSA) is 62.5 Å². The number of furan rings is 1. The van der Waals surface area contributed by atoms with Crippen LogP contribution in [0.1, 0.15) is 48.6 Å². The molecule has 27 heavy (non-hydrogen) atoms. The maximum atomic E-state index is 12.5. The molecule has 0 unspecified atom stereocenters. The molecule has 0 aliphatic carbocycles. The van der Waals surface area contributed by atoms with Gasteiger partial charge in [0.1, 0.15) is 11.5 Å². The molecule has 2 aliphatic heterocycles. The highest BCUT2D eigenvalue weighted by Crippen LogP contribution is 2.39. The van der Waals surface area contributed by atoms with Crippen LogP contribution in [-0.4, -0.2) is 45.3 Å². The zero-order valence-corrected chi connectivity index (χ0v) is 16.3. The minimum absolute atomic E-state index is 0.186. The van der Waals surface area contributed by atoms with E-state index in [1.807, 2.05) is 24.8 Å². The van der Waals surface area contributed by atoms with Gasteiger partial charge in [0.25, 0.3) is 0 Å². The predicted octanol–water partition coefficient (Wildman–Crippen LogP) is 3.09. The van der Waals surface area contributed by atoms with E-state index in [-0.39, 0.29) is 11.3 Å². The van der Waals surface area contributed by atoms with Crippen LogP contribution in [0, 0.1) is 19.3 Å². The number of hydrogen-bond donors (Lipinski definition) is 0. The summed E-state index contributed by atoms with van der Waals surface area (Å²) < 4.78 is 5.77. The second-order valence-corrected chi connectivity index (χ2v) is 8.23. The zero-order valence-electron chi connectivity index (χ0n) is 16.3. The van der Waals surface area contributed by atoms with Crippen molar-refractivity contribution in [2.75, 3.05) is 19.6 Å². The smallest absolute Gasteiger partial charge is 0.222 e. The number of aryl methyl sites for hydroxylation is 2. The van der Waals surface area contributed by atoms with Crippen LogP contribution in [0.3, 0.4) is 0 Å². The summed E-state index contributed by atoms with van der Waals surface area (Å²) in [5, 5.41) is 0. The Morgan fingerprint density at radius 3 is 2.74 bits per heavy atom. The first kappa shape index (κ1) is 18.2.